The first-order valence-electron chi connectivity index (χ1n) is 7.88. The molecule has 114 valence electrons. The Bertz CT molecular complexity index is 557. The molecule has 0 saturated carbocycles. The van der Waals surface area contributed by atoms with E-state index in [2.05, 4.69) is 55.8 Å². The van der Waals surface area contributed by atoms with E-state index in [1.54, 1.807) is 0 Å². The molecule has 1 heterocycles. The monoisotopic (exact) mass is 285 g/mol. The lowest BCUT2D eigenvalue weighted by molar-refractivity contribution is 0.557. The third-order valence-electron chi connectivity index (χ3n) is 4.16. The van der Waals surface area contributed by atoms with Crippen molar-refractivity contribution in [2.24, 2.45) is 11.7 Å². The average Bonchev–Trinajstić information content (AvgIpc) is 2.76. The minimum absolute atomic E-state index is 0.518. The zero-order chi connectivity index (χ0) is 15.2. The molecule has 0 bridgehead atoms. The highest BCUT2D eigenvalue weighted by molar-refractivity contribution is 5.25. The van der Waals surface area contributed by atoms with Gasteiger partial charge in [0, 0.05) is 12.2 Å². The van der Waals surface area contributed by atoms with Gasteiger partial charge in [0.2, 0.25) is 0 Å². The maximum absolute atomic E-state index is 5.74. The van der Waals surface area contributed by atoms with Crippen LogP contribution >= 0.6 is 0 Å². The molecular weight excluding hydrogens is 258 g/mol. The van der Waals surface area contributed by atoms with Gasteiger partial charge in [-0.05, 0) is 56.7 Å². The van der Waals surface area contributed by atoms with Crippen molar-refractivity contribution in [1.29, 1.82) is 0 Å². The molecule has 0 radical (unpaired) electrons. The van der Waals surface area contributed by atoms with Crippen LogP contribution < -0.4 is 5.73 Å². The van der Waals surface area contributed by atoms with Crippen LogP contribution in [0.25, 0.3) is 0 Å². The van der Waals surface area contributed by atoms with Crippen molar-refractivity contribution in [1.82, 2.24) is 9.78 Å². The van der Waals surface area contributed by atoms with Crippen LogP contribution in [0.1, 0.15) is 35.9 Å². The van der Waals surface area contributed by atoms with Gasteiger partial charge in [0.15, 0.2) is 0 Å². The van der Waals surface area contributed by atoms with Gasteiger partial charge in [0.05, 0.1) is 5.69 Å². The fourth-order valence-electron chi connectivity index (χ4n) is 2.76. The van der Waals surface area contributed by atoms with Crippen LogP contribution in [0.5, 0.6) is 0 Å². The molecule has 0 spiro atoms. The van der Waals surface area contributed by atoms with Crippen molar-refractivity contribution in [2.45, 2.75) is 46.6 Å². The standard InChI is InChI=1S/C18H27N3/c1-14(13-19)12-18-15(2)20-21(16(18)3)11-7-10-17-8-5-4-6-9-17/h4-6,8-9,14H,7,10-13,19H2,1-3H3. The summed E-state index contributed by atoms with van der Waals surface area (Å²) in [5.41, 5.74) is 11.0. The molecule has 3 nitrogen and oxygen atoms in total. The van der Waals surface area contributed by atoms with Gasteiger partial charge in [-0.15, -0.1) is 0 Å². The van der Waals surface area contributed by atoms with Crippen LogP contribution in [0, 0.1) is 19.8 Å². The summed E-state index contributed by atoms with van der Waals surface area (Å²) < 4.78 is 2.16. The Morgan fingerprint density at radius 2 is 1.90 bits per heavy atom. The Hall–Kier alpha value is -1.61. The molecule has 1 unspecified atom stereocenters. The smallest absolute Gasteiger partial charge is 0.0628 e. The average molecular weight is 285 g/mol. The quantitative estimate of drug-likeness (QED) is 0.848. The first-order valence-corrected chi connectivity index (χ1v) is 7.88. The summed E-state index contributed by atoms with van der Waals surface area (Å²) in [5.74, 6) is 0.518. The van der Waals surface area contributed by atoms with Crippen molar-refractivity contribution < 1.29 is 0 Å². The summed E-state index contributed by atoms with van der Waals surface area (Å²) in [4.78, 5) is 0. The molecule has 0 amide bonds. The first kappa shape index (κ1) is 15.8. The highest BCUT2D eigenvalue weighted by Crippen LogP contribution is 2.18. The van der Waals surface area contributed by atoms with E-state index in [0.717, 1.165) is 38.0 Å². The van der Waals surface area contributed by atoms with Crippen LogP contribution in [0.4, 0.5) is 0 Å². The van der Waals surface area contributed by atoms with Gasteiger partial charge in [-0.2, -0.15) is 5.10 Å². The molecule has 1 aromatic carbocycles. The van der Waals surface area contributed by atoms with E-state index in [-0.39, 0.29) is 0 Å². The van der Waals surface area contributed by atoms with Crippen molar-refractivity contribution >= 4 is 0 Å². The largest absolute Gasteiger partial charge is 0.330 e. The van der Waals surface area contributed by atoms with Crippen LogP contribution in [-0.2, 0) is 19.4 Å². The van der Waals surface area contributed by atoms with E-state index in [1.807, 2.05) is 0 Å². The van der Waals surface area contributed by atoms with Crippen molar-refractivity contribution in [3.63, 3.8) is 0 Å². The van der Waals surface area contributed by atoms with Crippen molar-refractivity contribution in [3.8, 4) is 0 Å². The molecule has 0 fully saturated rings. The molecule has 2 rings (SSSR count). The molecule has 2 aromatic rings. The first-order chi connectivity index (χ1) is 10.1. The highest BCUT2D eigenvalue weighted by Gasteiger charge is 2.13. The lowest BCUT2D eigenvalue weighted by atomic mass is 10.00. The highest BCUT2D eigenvalue weighted by atomic mass is 15.3. The number of nitrogens with two attached hydrogens (primary N) is 1. The van der Waals surface area contributed by atoms with Gasteiger partial charge in [-0.1, -0.05) is 37.3 Å². The summed E-state index contributed by atoms with van der Waals surface area (Å²) in [7, 11) is 0. The molecule has 0 aliphatic carbocycles. The molecule has 3 heteroatoms. The normalized spacial score (nSPS) is 12.6. The van der Waals surface area contributed by atoms with Gasteiger partial charge in [-0.3, -0.25) is 4.68 Å². The topological polar surface area (TPSA) is 43.8 Å². The Morgan fingerprint density at radius 1 is 1.19 bits per heavy atom. The van der Waals surface area contributed by atoms with Gasteiger partial charge in [0.25, 0.3) is 0 Å². The Kier molecular flexibility index (Phi) is 5.57. The number of nitrogens with zero attached hydrogens (tertiary/aromatic N) is 2. The summed E-state index contributed by atoms with van der Waals surface area (Å²) in [6.45, 7) is 8.21. The van der Waals surface area contributed by atoms with Crippen LogP contribution in [0.15, 0.2) is 30.3 Å². The van der Waals surface area contributed by atoms with E-state index < -0.39 is 0 Å². The predicted molar refractivity (Wildman–Crippen MR) is 88.4 cm³/mol. The summed E-state index contributed by atoms with van der Waals surface area (Å²) >= 11 is 0. The van der Waals surface area contributed by atoms with Gasteiger partial charge >= 0.3 is 0 Å². The van der Waals surface area contributed by atoms with Crippen LogP contribution in [0.2, 0.25) is 0 Å². The maximum atomic E-state index is 5.74. The minimum Gasteiger partial charge on any atom is -0.330 e. The molecule has 0 saturated heterocycles. The Labute approximate surface area is 128 Å². The summed E-state index contributed by atoms with van der Waals surface area (Å²) in [6, 6.07) is 10.6. The Morgan fingerprint density at radius 3 is 2.57 bits per heavy atom. The predicted octanol–water partition coefficient (Wildman–Crippen LogP) is 3.27. The maximum Gasteiger partial charge on any atom is 0.0628 e. The summed E-state index contributed by atoms with van der Waals surface area (Å²) in [6.07, 6.45) is 3.26. The molecule has 0 aliphatic heterocycles. The second kappa shape index (κ2) is 7.41. The number of hydrogen-bond acceptors (Lipinski definition) is 2. The minimum atomic E-state index is 0.518. The molecular formula is C18H27N3. The number of benzene rings is 1. The second-order valence-electron chi connectivity index (χ2n) is 6.01. The van der Waals surface area contributed by atoms with Crippen LogP contribution in [0.3, 0.4) is 0 Å². The number of aryl methyl sites for hydroxylation is 3. The molecule has 0 aliphatic rings. The van der Waals surface area contributed by atoms with E-state index in [9.17, 15) is 0 Å². The third-order valence-corrected chi connectivity index (χ3v) is 4.16. The Balaban J connectivity index is 1.96. The van der Waals surface area contributed by atoms with E-state index in [0.29, 0.717) is 5.92 Å². The fraction of sp³-hybridized carbons (Fsp3) is 0.500. The molecule has 1 aromatic heterocycles. The van der Waals surface area contributed by atoms with Gasteiger partial charge in [-0.25, -0.2) is 0 Å². The lowest BCUT2D eigenvalue weighted by Crippen LogP contribution is -2.14. The second-order valence-corrected chi connectivity index (χ2v) is 6.01. The summed E-state index contributed by atoms with van der Waals surface area (Å²) in [5, 5.41) is 4.70. The zero-order valence-corrected chi connectivity index (χ0v) is 13.5. The molecule has 1 atom stereocenters. The number of hydrogen-bond donors (Lipinski definition) is 1. The van der Waals surface area contributed by atoms with E-state index in [4.69, 9.17) is 10.8 Å². The van der Waals surface area contributed by atoms with Crippen molar-refractivity contribution in [2.75, 3.05) is 6.54 Å². The number of aromatic nitrogens is 2. The third kappa shape index (κ3) is 4.18. The van der Waals surface area contributed by atoms with Gasteiger partial charge in [0.1, 0.15) is 0 Å². The number of rotatable bonds is 7. The van der Waals surface area contributed by atoms with E-state index >= 15 is 0 Å². The molecule has 21 heavy (non-hydrogen) atoms. The lowest BCUT2D eigenvalue weighted by Gasteiger charge is -2.09. The SMILES string of the molecule is Cc1nn(CCCc2ccccc2)c(C)c1CC(C)CN. The fourth-order valence-corrected chi connectivity index (χ4v) is 2.76. The van der Waals surface area contributed by atoms with E-state index in [1.165, 1.54) is 16.8 Å². The molecule has 2 N–H and O–H groups in total. The zero-order valence-electron chi connectivity index (χ0n) is 13.5. The van der Waals surface area contributed by atoms with Crippen LogP contribution in [-0.4, -0.2) is 16.3 Å². The van der Waals surface area contributed by atoms with Gasteiger partial charge < -0.3 is 5.73 Å². The van der Waals surface area contributed by atoms with Crippen molar-refractivity contribution in [3.05, 3.63) is 52.8 Å².